The van der Waals surface area contributed by atoms with Crippen molar-refractivity contribution in [2.24, 2.45) is 11.5 Å². The van der Waals surface area contributed by atoms with Crippen LogP contribution in [0.1, 0.15) is 43.1 Å². The molecule has 0 aliphatic carbocycles. The second-order valence-corrected chi connectivity index (χ2v) is 7.53. The van der Waals surface area contributed by atoms with Crippen molar-refractivity contribution in [2.45, 2.75) is 26.6 Å². The number of aryl methyl sites for hydroxylation is 1. The van der Waals surface area contributed by atoms with Gasteiger partial charge in [-0.2, -0.15) is 5.10 Å². The number of nitrogens with zero attached hydrogens (tertiary/aromatic N) is 4. The van der Waals surface area contributed by atoms with Gasteiger partial charge in [0.25, 0.3) is 0 Å². The lowest BCUT2D eigenvalue weighted by molar-refractivity contribution is 0.0690. The molecule has 4 rings (SSSR count). The fourth-order valence-corrected chi connectivity index (χ4v) is 3.06. The van der Waals surface area contributed by atoms with Gasteiger partial charge in [0.1, 0.15) is 0 Å². The van der Waals surface area contributed by atoms with E-state index in [0.29, 0.717) is 18.7 Å². The van der Waals surface area contributed by atoms with Gasteiger partial charge < -0.3 is 21.1 Å². The van der Waals surface area contributed by atoms with Gasteiger partial charge in [-0.15, -0.1) is 0 Å². The van der Waals surface area contributed by atoms with Gasteiger partial charge >= 0.3 is 5.97 Å². The Morgan fingerprint density at radius 1 is 0.939 bits per heavy atom. The summed E-state index contributed by atoms with van der Waals surface area (Å²) in [7, 11) is 0. The van der Waals surface area contributed by atoms with Crippen molar-refractivity contribution in [3.05, 3.63) is 107 Å². The highest BCUT2D eigenvalue weighted by Crippen LogP contribution is 2.09. The van der Waals surface area contributed by atoms with Crippen LogP contribution in [0, 0.1) is 6.92 Å². The van der Waals surface area contributed by atoms with Crippen LogP contribution in [0.2, 0.25) is 0 Å². The zero-order valence-electron chi connectivity index (χ0n) is 18.3. The van der Waals surface area contributed by atoms with Gasteiger partial charge in [0, 0.05) is 31.0 Å². The first-order valence-corrected chi connectivity index (χ1v) is 10.2. The average molecular weight is 447 g/mol. The molecule has 9 heteroatoms. The number of aromatic carboxylic acids is 1. The molecule has 0 radical (unpaired) electrons. The molecule has 2 aromatic heterocycles. The van der Waals surface area contributed by atoms with Gasteiger partial charge in [-0.05, 0) is 41.3 Å². The van der Waals surface area contributed by atoms with Gasteiger partial charge in [0.05, 0.1) is 19.1 Å². The Hall–Kier alpha value is -4.24. The summed E-state index contributed by atoms with van der Waals surface area (Å²) < 4.78 is 3.66. The van der Waals surface area contributed by atoms with Gasteiger partial charge in [0.15, 0.2) is 5.69 Å². The molecule has 0 atom stereocenters. The Labute approximate surface area is 191 Å². The van der Waals surface area contributed by atoms with Crippen molar-refractivity contribution in [3.8, 4) is 0 Å². The minimum absolute atomic E-state index is 0.0608. The van der Waals surface area contributed by atoms with Crippen LogP contribution in [0.3, 0.4) is 0 Å². The molecule has 170 valence electrons. The molecular weight excluding hydrogens is 420 g/mol. The second kappa shape index (κ2) is 10.9. The van der Waals surface area contributed by atoms with Crippen LogP contribution >= 0.6 is 0 Å². The smallest absolute Gasteiger partial charge is 0.356 e. The zero-order chi connectivity index (χ0) is 23.8. The van der Waals surface area contributed by atoms with Crippen molar-refractivity contribution in [3.63, 3.8) is 0 Å². The van der Waals surface area contributed by atoms with Crippen LogP contribution in [0.25, 0.3) is 0 Å². The van der Waals surface area contributed by atoms with Gasteiger partial charge in [0.2, 0.25) is 5.91 Å². The topological polar surface area (TPSA) is 142 Å². The first kappa shape index (κ1) is 23.4. The molecule has 9 nitrogen and oxygen atoms in total. The van der Waals surface area contributed by atoms with E-state index in [9.17, 15) is 9.59 Å². The highest BCUT2D eigenvalue weighted by molar-refractivity contribution is 5.92. The van der Waals surface area contributed by atoms with Crippen LogP contribution in [-0.4, -0.2) is 36.3 Å². The summed E-state index contributed by atoms with van der Waals surface area (Å²) in [5.41, 5.74) is 15.4. The predicted molar refractivity (Wildman–Crippen MR) is 124 cm³/mol. The fourth-order valence-electron chi connectivity index (χ4n) is 3.06. The Morgan fingerprint density at radius 2 is 1.55 bits per heavy atom. The number of hydrogen-bond donors (Lipinski definition) is 3. The van der Waals surface area contributed by atoms with Crippen molar-refractivity contribution >= 4 is 11.9 Å². The van der Waals surface area contributed by atoms with Crippen LogP contribution in [-0.2, 0) is 19.6 Å². The predicted octanol–water partition coefficient (Wildman–Crippen LogP) is 2.43. The third-order valence-corrected chi connectivity index (χ3v) is 4.82. The summed E-state index contributed by atoms with van der Waals surface area (Å²) in [6.45, 7) is 3.84. The van der Waals surface area contributed by atoms with Gasteiger partial charge in [-0.1, -0.05) is 36.4 Å². The maximum Gasteiger partial charge on any atom is 0.356 e. The molecular formula is C24H26N6O3. The summed E-state index contributed by atoms with van der Waals surface area (Å²) in [6, 6.07) is 15.1. The minimum Gasteiger partial charge on any atom is -0.476 e. The van der Waals surface area contributed by atoms with Crippen LogP contribution < -0.4 is 11.5 Å². The van der Waals surface area contributed by atoms with Crippen molar-refractivity contribution in [1.29, 1.82) is 0 Å². The summed E-state index contributed by atoms with van der Waals surface area (Å²) in [6.07, 6.45) is 6.91. The lowest BCUT2D eigenvalue weighted by atomic mass is 10.1. The van der Waals surface area contributed by atoms with Crippen LogP contribution in [0.4, 0.5) is 0 Å². The van der Waals surface area contributed by atoms with E-state index in [1.807, 2.05) is 36.1 Å². The molecule has 2 aromatic carbocycles. The molecule has 0 aliphatic heterocycles. The molecule has 0 aliphatic rings. The molecule has 0 unspecified atom stereocenters. The Balaban J connectivity index is 0.000000235. The molecule has 0 spiro atoms. The number of carbonyl (C=O) groups is 2. The lowest BCUT2D eigenvalue weighted by Gasteiger charge is -2.05. The first-order chi connectivity index (χ1) is 15.8. The SMILES string of the molecule is Cc1cnn(Cc2ccc(Cn3cnc(C(=O)O)c3)cc2)c1.NCc1ccc(C(N)=O)cc1. The number of carboxylic acids is 1. The number of nitrogens with two attached hydrogens (primary N) is 2. The van der Waals surface area contributed by atoms with Crippen molar-refractivity contribution in [2.75, 3.05) is 0 Å². The molecule has 0 bridgehead atoms. The highest BCUT2D eigenvalue weighted by Gasteiger charge is 2.06. The van der Waals surface area contributed by atoms with E-state index in [-0.39, 0.29) is 5.69 Å². The number of amides is 1. The molecule has 0 fully saturated rings. The van der Waals surface area contributed by atoms with E-state index in [0.717, 1.165) is 23.2 Å². The number of imidazole rings is 1. The molecule has 33 heavy (non-hydrogen) atoms. The number of benzene rings is 2. The van der Waals surface area contributed by atoms with Crippen molar-refractivity contribution in [1.82, 2.24) is 19.3 Å². The molecule has 4 aromatic rings. The third-order valence-electron chi connectivity index (χ3n) is 4.82. The number of hydrogen-bond acceptors (Lipinski definition) is 5. The number of carboxylic acid groups (broad SMARTS) is 1. The monoisotopic (exact) mass is 446 g/mol. The normalized spacial score (nSPS) is 10.4. The van der Waals surface area contributed by atoms with E-state index in [4.69, 9.17) is 16.6 Å². The Bertz CT molecular complexity index is 1210. The zero-order valence-corrected chi connectivity index (χ0v) is 18.3. The van der Waals surface area contributed by atoms with E-state index in [1.165, 1.54) is 18.1 Å². The Kier molecular flexibility index (Phi) is 7.72. The summed E-state index contributed by atoms with van der Waals surface area (Å²) >= 11 is 0. The van der Waals surface area contributed by atoms with E-state index < -0.39 is 11.9 Å². The van der Waals surface area contributed by atoms with Crippen LogP contribution in [0.15, 0.2) is 73.4 Å². The Morgan fingerprint density at radius 3 is 2.03 bits per heavy atom. The molecule has 1 amide bonds. The van der Waals surface area contributed by atoms with Gasteiger partial charge in [-0.3, -0.25) is 9.48 Å². The lowest BCUT2D eigenvalue weighted by Crippen LogP contribution is -2.10. The minimum atomic E-state index is -1.01. The largest absolute Gasteiger partial charge is 0.476 e. The van der Waals surface area contributed by atoms with Gasteiger partial charge in [-0.25, -0.2) is 9.78 Å². The number of carbonyl (C=O) groups excluding carboxylic acids is 1. The second-order valence-electron chi connectivity index (χ2n) is 7.53. The first-order valence-electron chi connectivity index (χ1n) is 10.2. The quantitative estimate of drug-likeness (QED) is 0.398. The molecule has 0 saturated heterocycles. The van der Waals surface area contributed by atoms with E-state index in [1.54, 1.807) is 28.8 Å². The maximum absolute atomic E-state index is 10.8. The maximum atomic E-state index is 10.8. The number of primary amides is 1. The molecule has 0 saturated carbocycles. The summed E-state index contributed by atoms with van der Waals surface area (Å²) in [4.78, 5) is 25.2. The van der Waals surface area contributed by atoms with E-state index >= 15 is 0 Å². The number of aromatic nitrogens is 4. The third kappa shape index (κ3) is 6.88. The average Bonchev–Trinajstić information content (AvgIpc) is 3.44. The molecule has 2 heterocycles. The summed E-state index contributed by atoms with van der Waals surface area (Å²) in [5.74, 6) is -1.42. The number of rotatable bonds is 7. The van der Waals surface area contributed by atoms with E-state index in [2.05, 4.69) is 22.2 Å². The van der Waals surface area contributed by atoms with Crippen molar-refractivity contribution < 1.29 is 14.7 Å². The standard InChI is InChI=1S/C16H16N4O2.C8H10N2O/c1-12-6-18-20(7-12)9-14-4-2-13(3-5-14)8-19-10-15(16(21)22)17-11-19;9-5-6-1-3-7(4-2-6)8(10)11/h2-7,10-11H,8-9H2,1H3,(H,21,22);1-4H,5,9H2,(H2,10,11). The fraction of sp³-hybridized carbons (Fsp3) is 0.167. The molecule has 5 N–H and O–H groups in total. The highest BCUT2D eigenvalue weighted by atomic mass is 16.4. The summed E-state index contributed by atoms with van der Waals surface area (Å²) in [5, 5.41) is 13.1. The van der Waals surface area contributed by atoms with Crippen LogP contribution in [0.5, 0.6) is 0 Å².